The molecule has 1 aliphatic rings. The minimum absolute atomic E-state index is 0.128. The molecule has 0 N–H and O–H groups in total. The maximum absolute atomic E-state index is 12.5. The number of aryl methyl sites for hydroxylation is 1. The smallest absolute Gasteiger partial charge is 0.273 e. The number of thioether (sulfide) groups is 1. The molecule has 2 amide bonds. The summed E-state index contributed by atoms with van der Waals surface area (Å²) in [5, 5.41) is -0.524. The van der Waals surface area contributed by atoms with Crippen LogP contribution in [-0.4, -0.2) is 16.4 Å². The van der Waals surface area contributed by atoms with E-state index in [4.69, 9.17) is 0 Å². The van der Waals surface area contributed by atoms with E-state index in [0.29, 0.717) is 12.1 Å². The van der Waals surface area contributed by atoms with Crippen molar-refractivity contribution in [1.29, 1.82) is 0 Å². The van der Waals surface area contributed by atoms with Gasteiger partial charge >= 0.3 is 0 Å². The molecule has 0 radical (unpaired) electrons. The Morgan fingerprint density at radius 3 is 2.33 bits per heavy atom. The van der Waals surface area contributed by atoms with Crippen LogP contribution in [0.25, 0.3) is 0 Å². The van der Waals surface area contributed by atoms with Crippen molar-refractivity contribution in [1.82, 2.24) is 0 Å². The Kier molecular flexibility index (Phi) is 3.80. The number of imide groups is 1. The molecule has 0 aliphatic carbocycles. The Labute approximate surface area is 128 Å². The third kappa shape index (κ3) is 2.85. The first-order chi connectivity index (χ1) is 10.1. The zero-order chi connectivity index (χ0) is 14.8. The maximum atomic E-state index is 12.5. The van der Waals surface area contributed by atoms with Crippen molar-refractivity contribution < 1.29 is 9.59 Å². The molecule has 0 unspecified atom stereocenters. The predicted molar refractivity (Wildman–Crippen MR) is 85.6 cm³/mol. The first-order valence-electron chi connectivity index (χ1n) is 6.80. The van der Waals surface area contributed by atoms with Gasteiger partial charge in [0.05, 0.1) is 10.9 Å². The van der Waals surface area contributed by atoms with Crippen LogP contribution >= 0.6 is 11.8 Å². The fourth-order valence-electron chi connectivity index (χ4n) is 2.34. The van der Waals surface area contributed by atoms with Crippen molar-refractivity contribution in [2.24, 2.45) is 0 Å². The van der Waals surface area contributed by atoms with Crippen LogP contribution in [-0.2, 0) is 11.2 Å². The van der Waals surface area contributed by atoms with Crippen molar-refractivity contribution >= 4 is 28.6 Å². The van der Waals surface area contributed by atoms with Gasteiger partial charge in [0.2, 0.25) is 5.91 Å². The second-order valence-corrected chi connectivity index (χ2v) is 6.23. The molecule has 1 fully saturated rings. The van der Waals surface area contributed by atoms with Gasteiger partial charge in [-0.2, -0.15) is 0 Å². The van der Waals surface area contributed by atoms with Gasteiger partial charge in [-0.05, 0) is 31.0 Å². The lowest BCUT2D eigenvalue weighted by Crippen LogP contribution is -2.32. The van der Waals surface area contributed by atoms with Crippen LogP contribution in [0.5, 0.6) is 0 Å². The highest BCUT2D eigenvalue weighted by Crippen LogP contribution is 2.33. The van der Waals surface area contributed by atoms with E-state index in [2.05, 4.69) is 0 Å². The Hall–Kier alpha value is -2.07. The van der Waals surface area contributed by atoms with Gasteiger partial charge in [-0.1, -0.05) is 59.8 Å². The van der Waals surface area contributed by atoms with Crippen LogP contribution in [0.4, 0.5) is 10.5 Å². The summed E-state index contributed by atoms with van der Waals surface area (Å²) in [7, 11) is 0. The molecule has 1 saturated heterocycles. The number of hydrogen-bond acceptors (Lipinski definition) is 3. The SMILES string of the molecule is Cc1ccc(C[C@H]2SC(=O)N(c3ccccc3)C2=O)cc1. The van der Waals surface area contributed by atoms with Gasteiger partial charge in [0.25, 0.3) is 5.24 Å². The van der Waals surface area contributed by atoms with E-state index in [1.54, 1.807) is 12.1 Å². The minimum atomic E-state index is -0.333. The summed E-state index contributed by atoms with van der Waals surface area (Å²) >= 11 is 1.11. The first kappa shape index (κ1) is 13.9. The van der Waals surface area contributed by atoms with Gasteiger partial charge in [0, 0.05) is 0 Å². The number of nitrogens with zero attached hydrogens (tertiary/aromatic N) is 1. The molecule has 4 heteroatoms. The van der Waals surface area contributed by atoms with Gasteiger partial charge < -0.3 is 0 Å². The Balaban J connectivity index is 1.79. The summed E-state index contributed by atoms with van der Waals surface area (Å²) in [6.07, 6.45) is 0.582. The van der Waals surface area contributed by atoms with Crippen LogP contribution in [0.15, 0.2) is 54.6 Å². The second-order valence-electron chi connectivity index (χ2n) is 5.07. The van der Waals surface area contributed by atoms with Crippen LogP contribution in [0.2, 0.25) is 0 Å². The fourth-order valence-corrected chi connectivity index (χ4v) is 3.36. The van der Waals surface area contributed by atoms with Crippen molar-refractivity contribution in [3.05, 3.63) is 65.7 Å². The monoisotopic (exact) mass is 297 g/mol. The third-order valence-electron chi connectivity index (χ3n) is 3.48. The van der Waals surface area contributed by atoms with Crippen molar-refractivity contribution in [3.63, 3.8) is 0 Å². The van der Waals surface area contributed by atoms with Crippen LogP contribution in [0.3, 0.4) is 0 Å². The Morgan fingerprint density at radius 1 is 1.00 bits per heavy atom. The summed E-state index contributed by atoms with van der Waals surface area (Å²) in [6.45, 7) is 2.03. The molecule has 0 spiro atoms. The minimum Gasteiger partial charge on any atom is -0.273 e. The van der Waals surface area contributed by atoms with E-state index >= 15 is 0 Å². The third-order valence-corrected chi connectivity index (χ3v) is 4.51. The molecule has 2 aromatic carbocycles. The summed E-state index contributed by atoms with van der Waals surface area (Å²) in [4.78, 5) is 25.9. The molecule has 3 rings (SSSR count). The normalized spacial score (nSPS) is 18.3. The van der Waals surface area contributed by atoms with E-state index in [1.165, 1.54) is 10.5 Å². The number of carbonyl (C=O) groups is 2. The van der Waals surface area contributed by atoms with E-state index in [9.17, 15) is 9.59 Å². The van der Waals surface area contributed by atoms with Gasteiger partial charge in [-0.3, -0.25) is 9.59 Å². The Bertz CT molecular complexity index is 667. The molecule has 21 heavy (non-hydrogen) atoms. The predicted octanol–water partition coefficient (Wildman–Crippen LogP) is 3.81. The fraction of sp³-hybridized carbons (Fsp3) is 0.176. The summed E-state index contributed by atoms with van der Waals surface area (Å²) < 4.78 is 0. The molecule has 0 bridgehead atoms. The van der Waals surface area contributed by atoms with Crippen molar-refractivity contribution in [2.75, 3.05) is 4.90 Å². The molecule has 0 saturated carbocycles. The number of benzene rings is 2. The summed E-state index contributed by atoms with van der Waals surface area (Å²) in [6, 6.07) is 17.2. The number of amides is 2. The molecule has 1 heterocycles. The zero-order valence-corrected chi connectivity index (χ0v) is 12.5. The van der Waals surface area contributed by atoms with Crippen molar-refractivity contribution in [2.45, 2.75) is 18.6 Å². The number of anilines is 1. The van der Waals surface area contributed by atoms with Gasteiger partial charge in [0.1, 0.15) is 0 Å². The van der Waals surface area contributed by atoms with Crippen LogP contribution in [0, 0.1) is 6.92 Å². The highest BCUT2D eigenvalue weighted by atomic mass is 32.2. The molecule has 0 aromatic heterocycles. The largest absolute Gasteiger partial charge is 0.293 e. The van der Waals surface area contributed by atoms with E-state index in [1.807, 2.05) is 49.4 Å². The second kappa shape index (κ2) is 5.74. The number of carbonyl (C=O) groups excluding carboxylic acids is 2. The summed E-state index contributed by atoms with van der Waals surface area (Å²) in [5.74, 6) is -0.128. The molecular weight excluding hydrogens is 282 g/mol. The Morgan fingerprint density at radius 2 is 1.67 bits per heavy atom. The number of hydrogen-bond donors (Lipinski definition) is 0. The van der Waals surface area contributed by atoms with Gasteiger partial charge in [-0.25, -0.2) is 4.90 Å². The first-order valence-corrected chi connectivity index (χ1v) is 7.68. The molecule has 1 atom stereocenters. The van der Waals surface area contributed by atoms with E-state index in [-0.39, 0.29) is 16.4 Å². The maximum Gasteiger partial charge on any atom is 0.293 e. The lowest BCUT2D eigenvalue weighted by molar-refractivity contribution is -0.117. The molecule has 3 nitrogen and oxygen atoms in total. The molecular formula is C17H15NO2S. The molecule has 1 aliphatic heterocycles. The standard InChI is InChI=1S/C17H15NO2S/c1-12-7-9-13(10-8-12)11-15-16(19)18(17(20)21-15)14-5-3-2-4-6-14/h2-10,15H,11H2,1H3/t15-/m1/s1. The highest BCUT2D eigenvalue weighted by Gasteiger charge is 2.40. The quantitative estimate of drug-likeness (QED) is 0.864. The molecule has 2 aromatic rings. The molecule has 106 valence electrons. The van der Waals surface area contributed by atoms with E-state index in [0.717, 1.165) is 17.3 Å². The number of rotatable bonds is 3. The highest BCUT2D eigenvalue weighted by molar-refractivity contribution is 8.15. The topological polar surface area (TPSA) is 37.4 Å². The van der Waals surface area contributed by atoms with Crippen LogP contribution < -0.4 is 4.90 Å². The zero-order valence-electron chi connectivity index (χ0n) is 11.7. The van der Waals surface area contributed by atoms with Crippen molar-refractivity contribution in [3.8, 4) is 0 Å². The number of para-hydroxylation sites is 1. The van der Waals surface area contributed by atoms with Gasteiger partial charge in [0.15, 0.2) is 0 Å². The lowest BCUT2D eigenvalue weighted by atomic mass is 10.1. The van der Waals surface area contributed by atoms with Crippen LogP contribution in [0.1, 0.15) is 11.1 Å². The van der Waals surface area contributed by atoms with E-state index < -0.39 is 0 Å². The lowest BCUT2D eigenvalue weighted by Gasteiger charge is -2.13. The average molecular weight is 297 g/mol. The average Bonchev–Trinajstić information content (AvgIpc) is 2.77. The van der Waals surface area contributed by atoms with Gasteiger partial charge in [-0.15, -0.1) is 0 Å². The summed E-state index contributed by atoms with van der Waals surface area (Å²) in [5.41, 5.74) is 2.91.